The maximum Gasteiger partial charge on any atom is 0.420 e. The van der Waals surface area contributed by atoms with Gasteiger partial charge in [0.2, 0.25) is 6.41 Å². The molecule has 0 atom stereocenters. The molecule has 0 unspecified atom stereocenters. The molecule has 0 radical (unpaired) electrons. The number of halogens is 3. The first-order chi connectivity index (χ1) is 7.49. The number of alkyl halides is 3. The number of amides is 1. The Morgan fingerprint density at radius 3 is 2.62 bits per heavy atom. The van der Waals surface area contributed by atoms with Gasteiger partial charge in [0.05, 0.1) is 12.7 Å². The van der Waals surface area contributed by atoms with Gasteiger partial charge in [-0.05, 0) is 18.6 Å². The Balaban J connectivity index is 3.11. The zero-order valence-corrected chi connectivity index (χ0v) is 8.47. The Morgan fingerprint density at radius 1 is 1.44 bits per heavy atom. The normalized spacial score (nSPS) is 16.6. The van der Waals surface area contributed by atoms with Crippen molar-refractivity contribution in [3.05, 3.63) is 35.3 Å². The van der Waals surface area contributed by atoms with Crippen LogP contribution in [0, 0.1) is 0 Å². The summed E-state index contributed by atoms with van der Waals surface area (Å²) in [5.74, 6) is -0.244. The number of hydrogen-bond acceptors (Lipinski definition) is 2. The summed E-state index contributed by atoms with van der Waals surface area (Å²) in [5, 5.41) is 2.19. The Morgan fingerprint density at radius 2 is 2.12 bits per heavy atom. The summed E-state index contributed by atoms with van der Waals surface area (Å²) >= 11 is 0. The van der Waals surface area contributed by atoms with Crippen LogP contribution in [0.25, 0.3) is 0 Å². The number of carbonyl (C=O) groups is 1. The van der Waals surface area contributed by atoms with E-state index in [0.717, 1.165) is 6.08 Å². The predicted molar refractivity (Wildman–Crippen MR) is 51.1 cm³/mol. The number of nitrogens with one attached hydrogen (secondary N) is 1. The summed E-state index contributed by atoms with van der Waals surface area (Å²) in [6.45, 7) is 0. The number of ether oxygens (including phenoxy) is 1. The van der Waals surface area contributed by atoms with Crippen LogP contribution in [0.2, 0.25) is 0 Å². The van der Waals surface area contributed by atoms with Gasteiger partial charge in [-0.1, -0.05) is 6.08 Å². The molecule has 0 saturated carbocycles. The molecule has 0 spiro atoms. The minimum Gasteiger partial charge on any atom is -0.496 e. The molecule has 0 saturated heterocycles. The molecule has 0 aromatic heterocycles. The van der Waals surface area contributed by atoms with Gasteiger partial charge in [0, 0.05) is 5.70 Å². The third kappa shape index (κ3) is 2.88. The molecule has 1 N–H and O–H groups in total. The minimum atomic E-state index is -4.52. The van der Waals surface area contributed by atoms with Gasteiger partial charge < -0.3 is 10.1 Å². The van der Waals surface area contributed by atoms with Crippen LogP contribution in [0.1, 0.15) is 6.42 Å². The van der Waals surface area contributed by atoms with Crippen molar-refractivity contribution in [3.8, 4) is 0 Å². The van der Waals surface area contributed by atoms with Crippen molar-refractivity contribution < 1.29 is 22.7 Å². The summed E-state index contributed by atoms with van der Waals surface area (Å²) in [6, 6.07) is 0. The summed E-state index contributed by atoms with van der Waals surface area (Å²) < 4.78 is 42.6. The van der Waals surface area contributed by atoms with Crippen molar-refractivity contribution in [1.29, 1.82) is 0 Å². The molecule has 0 aromatic rings. The number of allylic oxidation sites excluding steroid dienone is 4. The fourth-order valence-corrected chi connectivity index (χ4v) is 1.27. The number of hydrogen-bond donors (Lipinski definition) is 1. The summed E-state index contributed by atoms with van der Waals surface area (Å²) in [6.07, 6.45) is -0.318. The molecule has 1 aliphatic rings. The molecule has 0 aliphatic heterocycles. The average Bonchev–Trinajstić information content (AvgIpc) is 2.39. The van der Waals surface area contributed by atoms with Crippen LogP contribution < -0.4 is 5.32 Å². The number of methoxy groups -OCH3 is 1. The van der Waals surface area contributed by atoms with Crippen molar-refractivity contribution >= 4 is 6.41 Å². The molecule has 1 amide bonds. The third-order valence-electron chi connectivity index (χ3n) is 1.96. The van der Waals surface area contributed by atoms with E-state index in [1.807, 2.05) is 0 Å². The predicted octanol–water partition coefficient (Wildman–Crippen LogP) is 2.04. The van der Waals surface area contributed by atoms with Gasteiger partial charge in [0.25, 0.3) is 0 Å². The molecule has 6 heteroatoms. The van der Waals surface area contributed by atoms with Crippen LogP contribution in [-0.2, 0) is 9.53 Å². The summed E-state index contributed by atoms with van der Waals surface area (Å²) in [4.78, 5) is 10.2. The standard InChI is InChI=1S/C10H10F3NO2/c1-16-9-4-2-3-7(14-6-15)5-8(9)10(11,12)13/h3-6H,2H2,1H3,(H,14,15). The minimum absolute atomic E-state index is 0.102. The molecule has 1 rings (SSSR count). The van der Waals surface area contributed by atoms with Crippen LogP contribution in [0.4, 0.5) is 13.2 Å². The van der Waals surface area contributed by atoms with Crippen LogP contribution in [-0.4, -0.2) is 19.7 Å². The topological polar surface area (TPSA) is 38.3 Å². The highest BCUT2D eigenvalue weighted by Gasteiger charge is 2.37. The maximum absolute atomic E-state index is 12.6. The van der Waals surface area contributed by atoms with Crippen molar-refractivity contribution in [2.45, 2.75) is 12.6 Å². The van der Waals surface area contributed by atoms with E-state index in [9.17, 15) is 18.0 Å². The molecule has 3 nitrogen and oxygen atoms in total. The lowest BCUT2D eigenvalue weighted by Crippen LogP contribution is -2.17. The second kappa shape index (κ2) is 4.87. The molecule has 1 aliphatic carbocycles. The van der Waals surface area contributed by atoms with Crippen molar-refractivity contribution in [3.63, 3.8) is 0 Å². The van der Waals surface area contributed by atoms with E-state index >= 15 is 0 Å². The first-order valence-corrected chi connectivity index (χ1v) is 4.42. The largest absolute Gasteiger partial charge is 0.496 e. The van der Waals surface area contributed by atoms with E-state index in [1.54, 1.807) is 0 Å². The Hall–Kier alpha value is -1.72. The zero-order chi connectivity index (χ0) is 12.2. The smallest absolute Gasteiger partial charge is 0.420 e. The lowest BCUT2D eigenvalue weighted by Gasteiger charge is -2.13. The highest BCUT2D eigenvalue weighted by atomic mass is 19.4. The molecule has 0 heterocycles. The van der Waals surface area contributed by atoms with E-state index in [4.69, 9.17) is 0 Å². The lowest BCUT2D eigenvalue weighted by molar-refractivity contribution is -0.109. The number of rotatable bonds is 3. The highest BCUT2D eigenvalue weighted by molar-refractivity contribution is 5.53. The molecular formula is C10H10F3NO2. The SMILES string of the molecule is COC1=CCC=C(NC=O)C=C1C(F)(F)F. The van der Waals surface area contributed by atoms with Gasteiger partial charge in [-0.15, -0.1) is 0 Å². The van der Waals surface area contributed by atoms with Gasteiger partial charge in [0.1, 0.15) is 5.76 Å². The van der Waals surface area contributed by atoms with Gasteiger partial charge in [0.15, 0.2) is 0 Å². The van der Waals surface area contributed by atoms with Gasteiger partial charge in [-0.25, -0.2) is 0 Å². The third-order valence-corrected chi connectivity index (χ3v) is 1.96. The molecule has 88 valence electrons. The average molecular weight is 233 g/mol. The van der Waals surface area contributed by atoms with E-state index in [1.165, 1.54) is 19.3 Å². The fourth-order valence-electron chi connectivity index (χ4n) is 1.27. The highest BCUT2D eigenvalue weighted by Crippen LogP contribution is 2.33. The van der Waals surface area contributed by atoms with E-state index in [-0.39, 0.29) is 17.9 Å². The number of carbonyl (C=O) groups excluding carboxylic acids is 1. The quantitative estimate of drug-likeness (QED) is 0.757. The van der Waals surface area contributed by atoms with Crippen LogP contribution in [0.3, 0.4) is 0 Å². The Kier molecular flexibility index (Phi) is 3.76. The molecule has 0 aromatic carbocycles. The summed E-state index contributed by atoms with van der Waals surface area (Å²) in [5.41, 5.74) is -0.807. The Labute approximate surface area is 90.3 Å². The van der Waals surface area contributed by atoms with Gasteiger partial charge in [-0.3, -0.25) is 4.79 Å². The van der Waals surface area contributed by atoms with Crippen LogP contribution in [0.5, 0.6) is 0 Å². The van der Waals surface area contributed by atoms with Crippen molar-refractivity contribution in [2.75, 3.05) is 7.11 Å². The second-order valence-corrected chi connectivity index (χ2v) is 2.99. The summed E-state index contributed by atoms with van der Waals surface area (Å²) in [7, 11) is 1.17. The fraction of sp³-hybridized carbons (Fsp3) is 0.300. The van der Waals surface area contributed by atoms with Crippen molar-refractivity contribution in [2.24, 2.45) is 0 Å². The second-order valence-electron chi connectivity index (χ2n) is 2.99. The molecule has 0 bridgehead atoms. The Bertz CT molecular complexity index is 367. The molecule has 16 heavy (non-hydrogen) atoms. The van der Waals surface area contributed by atoms with Gasteiger partial charge >= 0.3 is 6.18 Å². The monoisotopic (exact) mass is 233 g/mol. The maximum atomic E-state index is 12.6. The lowest BCUT2D eigenvalue weighted by atomic mass is 10.2. The van der Waals surface area contributed by atoms with E-state index < -0.39 is 11.7 Å². The zero-order valence-electron chi connectivity index (χ0n) is 8.47. The van der Waals surface area contributed by atoms with Crippen LogP contribution in [0.15, 0.2) is 35.3 Å². The first-order valence-electron chi connectivity index (χ1n) is 4.42. The van der Waals surface area contributed by atoms with Crippen molar-refractivity contribution in [1.82, 2.24) is 5.32 Å². The van der Waals surface area contributed by atoms with Crippen LogP contribution >= 0.6 is 0 Å². The first kappa shape index (κ1) is 12.4. The molecular weight excluding hydrogens is 223 g/mol. The molecule has 0 fully saturated rings. The van der Waals surface area contributed by atoms with E-state index in [2.05, 4.69) is 10.1 Å². The van der Waals surface area contributed by atoms with Gasteiger partial charge in [-0.2, -0.15) is 13.2 Å². The van der Waals surface area contributed by atoms with E-state index in [0.29, 0.717) is 6.41 Å².